The molecule has 2 aliphatic rings. The van der Waals surface area contributed by atoms with Gasteiger partial charge in [-0.3, -0.25) is 19.3 Å². The number of fused-ring (bicyclic) bond motifs is 1. The van der Waals surface area contributed by atoms with Crippen molar-refractivity contribution >= 4 is 44.1 Å². The summed E-state index contributed by atoms with van der Waals surface area (Å²) in [6.07, 6.45) is 1.56. The quantitative estimate of drug-likeness (QED) is 0.480. The number of carbonyl (C=O) groups excluding carboxylic acids is 3. The van der Waals surface area contributed by atoms with Gasteiger partial charge in [0, 0.05) is 50.7 Å². The first-order chi connectivity index (χ1) is 18.6. The standard InChI is InChI=1S/C27H36N4O6S2/c1-5-30-14-13-21-22(17-30)38-25(23(21)26(33)29(3)4)28-24(32)18-7-9-20(10-8-18)39(35,36)31-15-11-19(12-16-31)27(34)37-6-2/h7-10,19H,5-6,11-17H2,1-4H3,(H,28,32). The molecule has 0 atom stereocenters. The van der Waals surface area contributed by atoms with Gasteiger partial charge in [-0.15, -0.1) is 11.3 Å². The number of sulfonamides is 1. The third-order valence-corrected chi connectivity index (χ3v) is 10.3. The monoisotopic (exact) mass is 576 g/mol. The molecule has 1 aromatic carbocycles. The Kier molecular flexibility index (Phi) is 9.10. The number of anilines is 1. The number of likely N-dealkylation sites (N-methyl/N-ethyl adjacent to an activating group) is 1. The van der Waals surface area contributed by atoms with Crippen LogP contribution in [0, 0.1) is 5.92 Å². The van der Waals surface area contributed by atoms with Gasteiger partial charge in [-0.1, -0.05) is 6.92 Å². The van der Waals surface area contributed by atoms with Gasteiger partial charge < -0.3 is 15.0 Å². The molecule has 0 saturated carbocycles. The summed E-state index contributed by atoms with van der Waals surface area (Å²) in [6.45, 7) is 7.12. The summed E-state index contributed by atoms with van der Waals surface area (Å²) in [5.41, 5.74) is 1.82. The first-order valence-corrected chi connectivity index (χ1v) is 15.5. The highest BCUT2D eigenvalue weighted by atomic mass is 32.2. The van der Waals surface area contributed by atoms with E-state index in [2.05, 4.69) is 17.1 Å². The lowest BCUT2D eigenvalue weighted by Crippen LogP contribution is -2.40. The Hall–Kier alpha value is -2.80. The first kappa shape index (κ1) is 29.2. The Labute approximate surface area is 234 Å². The second kappa shape index (κ2) is 12.2. The molecule has 1 aromatic heterocycles. The maximum Gasteiger partial charge on any atom is 0.309 e. The highest BCUT2D eigenvalue weighted by Crippen LogP contribution is 2.38. The third kappa shape index (κ3) is 6.19. The van der Waals surface area contributed by atoms with Crippen LogP contribution in [-0.2, 0) is 32.5 Å². The predicted molar refractivity (Wildman–Crippen MR) is 150 cm³/mol. The van der Waals surface area contributed by atoms with Gasteiger partial charge in [0.05, 0.1) is 23.0 Å². The predicted octanol–water partition coefficient (Wildman–Crippen LogP) is 3.04. The van der Waals surface area contributed by atoms with E-state index in [0.29, 0.717) is 35.6 Å². The number of carbonyl (C=O) groups is 3. The normalized spacial score (nSPS) is 16.9. The molecule has 10 nitrogen and oxygen atoms in total. The van der Waals surface area contributed by atoms with Gasteiger partial charge in [0.25, 0.3) is 11.8 Å². The number of amides is 2. The van der Waals surface area contributed by atoms with Crippen molar-refractivity contribution in [2.24, 2.45) is 5.92 Å². The summed E-state index contributed by atoms with van der Waals surface area (Å²) in [5, 5.41) is 3.43. The molecule has 0 aliphatic carbocycles. The minimum Gasteiger partial charge on any atom is -0.466 e. The fourth-order valence-electron chi connectivity index (χ4n) is 4.96. The molecular weight excluding hydrogens is 540 g/mol. The molecule has 0 bridgehead atoms. The van der Waals surface area contributed by atoms with E-state index in [1.54, 1.807) is 21.0 Å². The van der Waals surface area contributed by atoms with Crippen molar-refractivity contribution in [1.29, 1.82) is 0 Å². The van der Waals surface area contributed by atoms with Crippen LogP contribution in [-0.4, -0.2) is 87.2 Å². The number of nitrogens with one attached hydrogen (secondary N) is 1. The lowest BCUT2D eigenvalue weighted by molar-refractivity contribution is -0.149. The molecule has 4 rings (SSSR count). The Bertz CT molecular complexity index is 1330. The molecule has 1 fully saturated rings. The minimum atomic E-state index is -3.77. The average Bonchev–Trinajstić information content (AvgIpc) is 3.29. The maximum atomic E-state index is 13.2. The molecule has 12 heteroatoms. The van der Waals surface area contributed by atoms with E-state index in [1.165, 1.54) is 44.8 Å². The second-order valence-corrected chi connectivity index (χ2v) is 13.0. The number of hydrogen-bond acceptors (Lipinski definition) is 8. The topological polar surface area (TPSA) is 116 Å². The van der Waals surface area contributed by atoms with E-state index < -0.39 is 15.9 Å². The number of thiophene rings is 1. The van der Waals surface area contributed by atoms with Crippen LogP contribution in [0.4, 0.5) is 5.00 Å². The Balaban J connectivity index is 1.48. The van der Waals surface area contributed by atoms with E-state index in [4.69, 9.17) is 4.74 Å². The van der Waals surface area contributed by atoms with Crippen molar-refractivity contribution in [1.82, 2.24) is 14.1 Å². The molecule has 0 radical (unpaired) electrons. The van der Waals surface area contributed by atoms with Crippen LogP contribution in [0.3, 0.4) is 0 Å². The van der Waals surface area contributed by atoms with Crippen molar-refractivity contribution in [3.63, 3.8) is 0 Å². The summed E-state index contributed by atoms with van der Waals surface area (Å²) in [5.74, 6) is -1.14. The van der Waals surface area contributed by atoms with Crippen LogP contribution in [0.15, 0.2) is 29.2 Å². The van der Waals surface area contributed by atoms with E-state index >= 15 is 0 Å². The number of piperidine rings is 1. The van der Waals surface area contributed by atoms with Gasteiger partial charge in [0.15, 0.2) is 0 Å². The molecule has 1 saturated heterocycles. The lowest BCUT2D eigenvalue weighted by Gasteiger charge is -2.30. The zero-order valence-corrected chi connectivity index (χ0v) is 24.5. The Morgan fingerprint density at radius 2 is 1.74 bits per heavy atom. The summed E-state index contributed by atoms with van der Waals surface area (Å²) in [4.78, 5) is 43.2. The van der Waals surface area contributed by atoms with Gasteiger partial charge in [0.1, 0.15) is 5.00 Å². The number of benzene rings is 1. The fraction of sp³-hybridized carbons (Fsp3) is 0.519. The minimum absolute atomic E-state index is 0.0864. The van der Waals surface area contributed by atoms with E-state index in [9.17, 15) is 22.8 Å². The largest absolute Gasteiger partial charge is 0.466 e. The van der Waals surface area contributed by atoms with Crippen molar-refractivity contribution < 1.29 is 27.5 Å². The van der Waals surface area contributed by atoms with Crippen LogP contribution in [0.2, 0.25) is 0 Å². The number of rotatable bonds is 8. The molecule has 2 aliphatic heterocycles. The van der Waals surface area contributed by atoms with Crippen molar-refractivity contribution in [2.45, 2.75) is 44.6 Å². The van der Waals surface area contributed by atoms with Crippen molar-refractivity contribution in [3.05, 3.63) is 45.8 Å². The highest BCUT2D eigenvalue weighted by Gasteiger charge is 2.33. The van der Waals surface area contributed by atoms with E-state index in [1.807, 2.05) is 0 Å². The number of nitrogens with zero attached hydrogens (tertiary/aromatic N) is 3. The van der Waals surface area contributed by atoms with Gasteiger partial charge in [0.2, 0.25) is 10.0 Å². The lowest BCUT2D eigenvalue weighted by atomic mass is 9.98. The summed E-state index contributed by atoms with van der Waals surface area (Å²) in [6, 6.07) is 5.80. The summed E-state index contributed by atoms with van der Waals surface area (Å²) < 4.78 is 32.8. The van der Waals surface area contributed by atoms with Crippen LogP contribution in [0.5, 0.6) is 0 Å². The van der Waals surface area contributed by atoms with Gasteiger partial charge in [-0.2, -0.15) is 4.31 Å². The van der Waals surface area contributed by atoms with Gasteiger partial charge in [-0.25, -0.2) is 8.42 Å². The van der Waals surface area contributed by atoms with Crippen LogP contribution >= 0.6 is 11.3 Å². The van der Waals surface area contributed by atoms with E-state index in [-0.39, 0.29) is 35.8 Å². The third-order valence-electron chi connectivity index (χ3n) is 7.26. The van der Waals surface area contributed by atoms with Crippen LogP contribution in [0.1, 0.15) is 57.8 Å². The molecule has 212 valence electrons. The number of ether oxygens (including phenoxy) is 1. The Morgan fingerprint density at radius 3 is 2.33 bits per heavy atom. The molecule has 1 N–H and O–H groups in total. The first-order valence-electron chi connectivity index (χ1n) is 13.2. The maximum absolute atomic E-state index is 13.2. The van der Waals surface area contributed by atoms with Crippen LogP contribution < -0.4 is 5.32 Å². The molecule has 2 amide bonds. The van der Waals surface area contributed by atoms with Gasteiger partial charge in [-0.05, 0) is 62.6 Å². The SMILES string of the molecule is CCOC(=O)C1CCN(S(=O)(=O)c2ccc(C(=O)Nc3sc4c(c3C(=O)N(C)C)CCN(CC)C4)cc2)CC1. The molecule has 39 heavy (non-hydrogen) atoms. The zero-order chi connectivity index (χ0) is 28.3. The average molecular weight is 577 g/mol. The molecule has 0 spiro atoms. The van der Waals surface area contributed by atoms with Crippen molar-refractivity contribution in [3.8, 4) is 0 Å². The van der Waals surface area contributed by atoms with Crippen molar-refractivity contribution in [2.75, 3.05) is 52.2 Å². The molecule has 0 unspecified atom stereocenters. The highest BCUT2D eigenvalue weighted by molar-refractivity contribution is 7.89. The zero-order valence-electron chi connectivity index (χ0n) is 22.9. The van der Waals surface area contributed by atoms with Gasteiger partial charge >= 0.3 is 5.97 Å². The fourth-order valence-corrected chi connectivity index (χ4v) is 7.71. The smallest absolute Gasteiger partial charge is 0.309 e. The second-order valence-electron chi connectivity index (χ2n) is 9.94. The number of esters is 1. The Morgan fingerprint density at radius 1 is 1.08 bits per heavy atom. The van der Waals surface area contributed by atoms with E-state index in [0.717, 1.165) is 36.5 Å². The van der Waals surface area contributed by atoms with Crippen LogP contribution in [0.25, 0.3) is 0 Å². The number of hydrogen-bond donors (Lipinski definition) is 1. The molecular formula is C27H36N4O6S2. The summed E-state index contributed by atoms with van der Waals surface area (Å²) >= 11 is 1.42. The molecule has 3 heterocycles. The summed E-state index contributed by atoms with van der Waals surface area (Å²) in [7, 11) is -0.381. The molecule has 2 aromatic rings.